The fourth-order valence-electron chi connectivity index (χ4n) is 3.47. The summed E-state index contributed by atoms with van der Waals surface area (Å²) in [5, 5.41) is 8.33. The Morgan fingerprint density at radius 3 is 2.44 bits per heavy atom. The molecule has 1 aliphatic rings. The minimum Gasteiger partial charge on any atom is -0.497 e. The number of ether oxygens (including phenoxy) is 2. The highest BCUT2D eigenvalue weighted by atomic mass is 16.5. The second kappa shape index (κ2) is 9.67. The van der Waals surface area contributed by atoms with Gasteiger partial charge < -0.3 is 23.7 Å². The number of rotatable bonds is 7. The molecule has 1 aliphatic heterocycles. The van der Waals surface area contributed by atoms with Gasteiger partial charge in [-0.2, -0.15) is 0 Å². The smallest absolute Gasteiger partial charge is 0.260 e. The average molecular weight is 438 g/mol. The number of amides is 1. The number of methoxy groups -OCH3 is 1. The summed E-state index contributed by atoms with van der Waals surface area (Å²) in [6.07, 6.45) is 1.75. The molecule has 1 fully saturated rings. The maximum Gasteiger partial charge on any atom is 0.260 e. The van der Waals surface area contributed by atoms with E-state index in [9.17, 15) is 4.79 Å². The molecule has 0 unspecified atom stereocenters. The van der Waals surface area contributed by atoms with Crippen LogP contribution in [-0.4, -0.2) is 65.9 Å². The molecule has 0 atom stereocenters. The average Bonchev–Trinajstić information content (AvgIpc) is 3.34. The van der Waals surface area contributed by atoms with E-state index in [4.69, 9.17) is 13.9 Å². The molecule has 1 amide bonds. The Labute approximate surface area is 187 Å². The van der Waals surface area contributed by atoms with E-state index in [1.165, 1.54) is 0 Å². The van der Waals surface area contributed by atoms with Crippen molar-refractivity contribution in [2.75, 3.05) is 44.8 Å². The molecule has 0 spiro atoms. The van der Waals surface area contributed by atoms with E-state index in [0.29, 0.717) is 43.7 Å². The molecule has 3 heterocycles. The van der Waals surface area contributed by atoms with E-state index >= 15 is 0 Å². The lowest BCUT2D eigenvalue weighted by molar-refractivity contribution is -0.133. The van der Waals surface area contributed by atoms with Gasteiger partial charge in [0.25, 0.3) is 11.8 Å². The second-order valence-corrected chi connectivity index (χ2v) is 7.81. The Balaban J connectivity index is 1.35. The van der Waals surface area contributed by atoms with Crippen LogP contribution in [0.1, 0.15) is 25.7 Å². The van der Waals surface area contributed by atoms with Crippen LogP contribution in [0.2, 0.25) is 0 Å². The van der Waals surface area contributed by atoms with E-state index < -0.39 is 0 Å². The van der Waals surface area contributed by atoms with Crippen molar-refractivity contribution in [3.63, 3.8) is 0 Å². The van der Waals surface area contributed by atoms with E-state index in [0.717, 1.165) is 17.1 Å². The van der Waals surface area contributed by atoms with Crippen LogP contribution in [0.3, 0.4) is 0 Å². The third-order valence-corrected chi connectivity index (χ3v) is 5.31. The third-order valence-electron chi connectivity index (χ3n) is 5.31. The van der Waals surface area contributed by atoms with Crippen LogP contribution in [0.4, 0.5) is 5.82 Å². The van der Waals surface area contributed by atoms with Gasteiger partial charge >= 0.3 is 0 Å². The summed E-state index contributed by atoms with van der Waals surface area (Å²) in [7, 11) is 1.61. The van der Waals surface area contributed by atoms with Gasteiger partial charge in [-0.25, -0.2) is 4.98 Å². The summed E-state index contributed by atoms with van der Waals surface area (Å²) in [5.41, 5.74) is 0.800. The van der Waals surface area contributed by atoms with Gasteiger partial charge in [0.1, 0.15) is 17.3 Å². The molecule has 4 rings (SSSR count). The Morgan fingerprint density at radius 1 is 1.06 bits per heavy atom. The van der Waals surface area contributed by atoms with Gasteiger partial charge in [0.05, 0.1) is 12.7 Å². The van der Waals surface area contributed by atoms with Crippen LogP contribution in [0.25, 0.3) is 11.5 Å². The summed E-state index contributed by atoms with van der Waals surface area (Å²) in [6.45, 7) is 6.50. The van der Waals surface area contributed by atoms with E-state index in [1.807, 2.05) is 30.9 Å². The fourth-order valence-corrected chi connectivity index (χ4v) is 3.47. The normalized spacial score (nSPS) is 14.0. The van der Waals surface area contributed by atoms with E-state index in [1.54, 1.807) is 37.6 Å². The number of anilines is 1. The SMILES string of the molecule is COc1ccc(OCC(=O)N2CCN(c3ncccc3-c3nnc(C(C)C)o3)CC2)cc1. The van der Waals surface area contributed by atoms with E-state index in [-0.39, 0.29) is 18.4 Å². The summed E-state index contributed by atoms with van der Waals surface area (Å²) in [5.74, 6) is 3.34. The van der Waals surface area contributed by atoms with Gasteiger partial charge in [-0.15, -0.1) is 10.2 Å². The van der Waals surface area contributed by atoms with Gasteiger partial charge in [0.15, 0.2) is 6.61 Å². The standard InChI is InChI=1S/C23H27N5O4/c1-16(2)22-25-26-23(32-22)19-5-4-10-24-21(19)28-13-11-27(12-14-28)20(29)15-31-18-8-6-17(30-3)7-9-18/h4-10,16H,11-15H2,1-3H3. The first kappa shape index (κ1) is 21.6. The first-order valence-corrected chi connectivity index (χ1v) is 10.6. The van der Waals surface area contributed by atoms with Crippen molar-refractivity contribution in [1.29, 1.82) is 0 Å². The molecule has 168 valence electrons. The number of hydrogen-bond acceptors (Lipinski definition) is 8. The van der Waals surface area contributed by atoms with Gasteiger partial charge in [-0.05, 0) is 36.4 Å². The van der Waals surface area contributed by atoms with Crippen molar-refractivity contribution in [1.82, 2.24) is 20.1 Å². The van der Waals surface area contributed by atoms with Crippen LogP contribution >= 0.6 is 0 Å². The van der Waals surface area contributed by atoms with Gasteiger partial charge in [-0.1, -0.05) is 13.8 Å². The molecule has 1 aromatic carbocycles. The molecule has 32 heavy (non-hydrogen) atoms. The minimum absolute atomic E-state index is 0.00112. The van der Waals surface area contributed by atoms with Crippen molar-refractivity contribution >= 4 is 11.7 Å². The number of carbonyl (C=O) groups excluding carboxylic acids is 1. The quantitative estimate of drug-likeness (QED) is 0.557. The minimum atomic E-state index is -0.0415. The molecule has 0 radical (unpaired) electrons. The maximum atomic E-state index is 12.6. The highest BCUT2D eigenvalue weighted by molar-refractivity contribution is 5.78. The molecule has 0 aliphatic carbocycles. The molecule has 1 saturated heterocycles. The molecule has 0 saturated carbocycles. The van der Waals surface area contributed by atoms with Gasteiger partial charge in [-0.3, -0.25) is 4.79 Å². The zero-order valence-electron chi connectivity index (χ0n) is 18.5. The predicted octanol–water partition coefficient (Wildman–Crippen LogP) is 2.99. The number of carbonyl (C=O) groups is 1. The molecular formula is C23H27N5O4. The van der Waals surface area contributed by atoms with Crippen LogP contribution in [0.15, 0.2) is 47.0 Å². The maximum absolute atomic E-state index is 12.6. The Morgan fingerprint density at radius 2 is 1.78 bits per heavy atom. The highest BCUT2D eigenvalue weighted by Gasteiger charge is 2.25. The van der Waals surface area contributed by atoms with Crippen molar-refractivity contribution in [3.05, 3.63) is 48.5 Å². The summed E-state index contributed by atoms with van der Waals surface area (Å²) in [6, 6.07) is 11.0. The summed E-state index contributed by atoms with van der Waals surface area (Å²) in [4.78, 5) is 21.1. The first-order chi connectivity index (χ1) is 15.5. The zero-order valence-corrected chi connectivity index (χ0v) is 18.5. The monoisotopic (exact) mass is 437 g/mol. The lowest BCUT2D eigenvalue weighted by Crippen LogP contribution is -2.50. The molecule has 3 aromatic rings. The Hall–Kier alpha value is -3.62. The number of aromatic nitrogens is 3. The fraction of sp³-hybridized carbons (Fsp3) is 0.391. The summed E-state index contributed by atoms with van der Waals surface area (Å²) < 4.78 is 16.6. The molecule has 9 nitrogen and oxygen atoms in total. The lowest BCUT2D eigenvalue weighted by atomic mass is 10.2. The predicted molar refractivity (Wildman–Crippen MR) is 119 cm³/mol. The van der Waals surface area contributed by atoms with Gasteiger partial charge in [0, 0.05) is 38.3 Å². The van der Waals surface area contributed by atoms with Crippen molar-refractivity contribution in [2.45, 2.75) is 19.8 Å². The largest absolute Gasteiger partial charge is 0.497 e. The van der Waals surface area contributed by atoms with Crippen LogP contribution < -0.4 is 14.4 Å². The van der Waals surface area contributed by atoms with Crippen molar-refractivity contribution < 1.29 is 18.7 Å². The van der Waals surface area contributed by atoms with E-state index in [2.05, 4.69) is 20.1 Å². The molecule has 0 bridgehead atoms. The molecular weight excluding hydrogens is 410 g/mol. The molecule has 2 aromatic heterocycles. The zero-order chi connectivity index (χ0) is 22.5. The number of hydrogen-bond donors (Lipinski definition) is 0. The van der Waals surface area contributed by atoms with Crippen LogP contribution in [0.5, 0.6) is 11.5 Å². The first-order valence-electron chi connectivity index (χ1n) is 10.6. The lowest BCUT2D eigenvalue weighted by Gasteiger charge is -2.35. The number of piperazine rings is 1. The van der Waals surface area contributed by atoms with Crippen molar-refractivity contribution in [2.24, 2.45) is 0 Å². The van der Waals surface area contributed by atoms with Crippen LogP contribution in [-0.2, 0) is 4.79 Å². The van der Waals surface area contributed by atoms with Gasteiger partial charge in [0.2, 0.25) is 5.89 Å². The Bertz CT molecular complexity index is 1040. The van der Waals surface area contributed by atoms with Crippen LogP contribution in [0, 0.1) is 0 Å². The summed E-state index contributed by atoms with van der Waals surface area (Å²) >= 11 is 0. The number of benzene rings is 1. The molecule has 0 N–H and O–H groups in total. The third kappa shape index (κ3) is 4.82. The van der Waals surface area contributed by atoms with Crippen molar-refractivity contribution in [3.8, 4) is 23.0 Å². The Kier molecular flexibility index (Phi) is 6.53. The second-order valence-electron chi connectivity index (χ2n) is 7.81. The topological polar surface area (TPSA) is 93.8 Å². The number of pyridine rings is 1. The number of nitrogens with zero attached hydrogens (tertiary/aromatic N) is 5. The molecule has 9 heteroatoms. The highest BCUT2D eigenvalue weighted by Crippen LogP contribution is 2.29.